The molecule has 0 radical (unpaired) electrons. The third-order valence-corrected chi connectivity index (χ3v) is 2.21. The molecule has 0 aromatic heterocycles. The standard InChI is InChI=1S/C13H17FN2O/c1-9(2)16-8-11-6-12(14)4-5-13(11)17-10(3)7-15/h4-6,9-10,16H,8H2,1-3H3. The van der Waals surface area contributed by atoms with Crippen molar-refractivity contribution in [1.29, 1.82) is 5.26 Å². The molecule has 1 aromatic rings. The van der Waals surface area contributed by atoms with E-state index in [0.29, 0.717) is 18.3 Å². The number of hydrogen-bond acceptors (Lipinski definition) is 3. The van der Waals surface area contributed by atoms with Crippen LogP contribution in [-0.2, 0) is 6.54 Å². The van der Waals surface area contributed by atoms with E-state index >= 15 is 0 Å². The average Bonchev–Trinajstić information content (AvgIpc) is 2.29. The molecule has 1 rings (SSSR count). The summed E-state index contributed by atoms with van der Waals surface area (Å²) in [4.78, 5) is 0. The van der Waals surface area contributed by atoms with Gasteiger partial charge in [-0.2, -0.15) is 5.26 Å². The molecular formula is C13H17FN2O. The van der Waals surface area contributed by atoms with Gasteiger partial charge in [0.2, 0.25) is 0 Å². The maximum Gasteiger partial charge on any atom is 0.181 e. The van der Waals surface area contributed by atoms with Crippen molar-refractivity contribution in [2.24, 2.45) is 0 Å². The van der Waals surface area contributed by atoms with Crippen molar-refractivity contribution in [2.75, 3.05) is 0 Å². The van der Waals surface area contributed by atoms with E-state index in [2.05, 4.69) is 5.32 Å². The van der Waals surface area contributed by atoms with E-state index in [1.807, 2.05) is 19.9 Å². The van der Waals surface area contributed by atoms with Crippen molar-refractivity contribution in [3.63, 3.8) is 0 Å². The van der Waals surface area contributed by atoms with Gasteiger partial charge in [-0.05, 0) is 25.1 Å². The van der Waals surface area contributed by atoms with Crippen LogP contribution in [0.5, 0.6) is 5.75 Å². The molecule has 0 amide bonds. The number of hydrogen-bond donors (Lipinski definition) is 1. The second kappa shape index (κ2) is 6.21. The van der Waals surface area contributed by atoms with Crippen LogP contribution in [0, 0.1) is 17.1 Å². The molecular weight excluding hydrogens is 219 g/mol. The molecule has 17 heavy (non-hydrogen) atoms. The quantitative estimate of drug-likeness (QED) is 0.854. The zero-order valence-electron chi connectivity index (χ0n) is 10.3. The molecule has 0 heterocycles. The molecule has 3 nitrogen and oxygen atoms in total. The molecule has 0 saturated carbocycles. The Hall–Kier alpha value is -1.60. The van der Waals surface area contributed by atoms with Gasteiger partial charge in [-0.1, -0.05) is 13.8 Å². The van der Waals surface area contributed by atoms with Gasteiger partial charge in [0.05, 0.1) is 0 Å². The Morgan fingerprint density at radius 2 is 2.12 bits per heavy atom. The van der Waals surface area contributed by atoms with E-state index in [9.17, 15) is 4.39 Å². The molecule has 0 aliphatic carbocycles. The van der Waals surface area contributed by atoms with E-state index in [4.69, 9.17) is 10.00 Å². The molecule has 0 spiro atoms. The Balaban J connectivity index is 2.84. The number of nitriles is 1. The van der Waals surface area contributed by atoms with Gasteiger partial charge < -0.3 is 10.1 Å². The van der Waals surface area contributed by atoms with Gasteiger partial charge in [0.15, 0.2) is 6.10 Å². The molecule has 1 unspecified atom stereocenters. The van der Waals surface area contributed by atoms with E-state index in [1.54, 1.807) is 13.0 Å². The molecule has 0 aliphatic rings. The molecule has 0 saturated heterocycles. The molecule has 92 valence electrons. The van der Waals surface area contributed by atoms with E-state index in [0.717, 1.165) is 5.56 Å². The number of rotatable bonds is 5. The Labute approximate surface area is 101 Å². The monoisotopic (exact) mass is 236 g/mol. The van der Waals surface area contributed by atoms with Crippen LogP contribution in [0.2, 0.25) is 0 Å². The number of halogens is 1. The maximum atomic E-state index is 13.1. The van der Waals surface area contributed by atoms with E-state index in [1.165, 1.54) is 12.1 Å². The van der Waals surface area contributed by atoms with Gasteiger partial charge in [0, 0.05) is 18.2 Å². The molecule has 1 atom stereocenters. The fourth-order valence-electron chi connectivity index (χ4n) is 1.33. The normalized spacial score (nSPS) is 12.2. The zero-order valence-corrected chi connectivity index (χ0v) is 10.3. The summed E-state index contributed by atoms with van der Waals surface area (Å²) in [7, 11) is 0. The second-order valence-electron chi connectivity index (χ2n) is 4.18. The second-order valence-corrected chi connectivity index (χ2v) is 4.18. The van der Waals surface area contributed by atoms with Crippen LogP contribution in [0.1, 0.15) is 26.3 Å². The first kappa shape index (κ1) is 13.5. The van der Waals surface area contributed by atoms with Gasteiger partial charge in [-0.15, -0.1) is 0 Å². The van der Waals surface area contributed by atoms with Gasteiger partial charge in [-0.3, -0.25) is 0 Å². The number of nitrogens with one attached hydrogen (secondary N) is 1. The highest BCUT2D eigenvalue weighted by Gasteiger charge is 2.09. The van der Waals surface area contributed by atoms with Crippen molar-refractivity contribution < 1.29 is 9.13 Å². The van der Waals surface area contributed by atoms with E-state index in [-0.39, 0.29) is 5.82 Å². The predicted octanol–water partition coefficient (Wildman–Crippen LogP) is 2.61. The molecule has 0 fully saturated rings. The number of nitrogens with zero attached hydrogens (tertiary/aromatic N) is 1. The van der Waals surface area contributed by atoms with Crippen LogP contribution < -0.4 is 10.1 Å². The highest BCUT2D eigenvalue weighted by Crippen LogP contribution is 2.21. The van der Waals surface area contributed by atoms with Gasteiger partial charge in [0.25, 0.3) is 0 Å². The third kappa shape index (κ3) is 4.41. The summed E-state index contributed by atoms with van der Waals surface area (Å²) in [6.45, 7) is 6.20. The van der Waals surface area contributed by atoms with Gasteiger partial charge in [0.1, 0.15) is 17.6 Å². The lowest BCUT2D eigenvalue weighted by Crippen LogP contribution is -2.22. The number of ether oxygens (including phenoxy) is 1. The number of benzene rings is 1. The van der Waals surface area contributed by atoms with E-state index < -0.39 is 6.10 Å². The van der Waals surface area contributed by atoms with Gasteiger partial charge >= 0.3 is 0 Å². The van der Waals surface area contributed by atoms with Crippen LogP contribution in [0.4, 0.5) is 4.39 Å². The molecule has 1 N–H and O–H groups in total. The van der Waals surface area contributed by atoms with Crippen molar-refractivity contribution in [3.05, 3.63) is 29.6 Å². The first-order chi connectivity index (χ1) is 8.02. The van der Waals surface area contributed by atoms with Crippen LogP contribution in [-0.4, -0.2) is 12.1 Å². The fraction of sp³-hybridized carbons (Fsp3) is 0.462. The zero-order chi connectivity index (χ0) is 12.8. The average molecular weight is 236 g/mol. The van der Waals surface area contributed by atoms with Crippen LogP contribution in [0.3, 0.4) is 0 Å². The topological polar surface area (TPSA) is 45.0 Å². The lowest BCUT2D eigenvalue weighted by molar-refractivity contribution is 0.272. The first-order valence-corrected chi connectivity index (χ1v) is 5.61. The minimum absolute atomic E-state index is 0.303. The summed E-state index contributed by atoms with van der Waals surface area (Å²) in [6.07, 6.45) is -0.543. The Bertz CT molecular complexity index is 412. The van der Waals surface area contributed by atoms with Crippen LogP contribution in [0.15, 0.2) is 18.2 Å². The summed E-state index contributed by atoms with van der Waals surface area (Å²) in [5, 5.41) is 11.9. The van der Waals surface area contributed by atoms with Crippen molar-refractivity contribution in [1.82, 2.24) is 5.32 Å². The third-order valence-electron chi connectivity index (χ3n) is 2.21. The Kier molecular flexibility index (Phi) is 4.92. The lowest BCUT2D eigenvalue weighted by Gasteiger charge is -2.14. The van der Waals surface area contributed by atoms with Gasteiger partial charge in [-0.25, -0.2) is 4.39 Å². The van der Waals surface area contributed by atoms with Crippen LogP contribution in [0.25, 0.3) is 0 Å². The molecule has 0 aliphatic heterocycles. The summed E-state index contributed by atoms with van der Waals surface area (Å²) in [5.41, 5.74) is 0.723. The highest BCUT2D eigenvalue weighted by molar-refractivity contribution is 5.34. The summed E-state index contributed by atoms with van der Waals surface area (Å²) in [5.74, 6) is 0.246. The lowest BCUT2D eigenvalue weighted by atomic mass is 10.2. The SMILES string of the molecule is CC(C)NCc1cc(F)ccc1OC(C)C#N. The molecule has 0 bridgehead atoms. The summed E-state index contributed by atoms with van der Waals surface area (Å²) >= 11 is 0. The van der Waals surface area contributed by atoms with Crippen LogP contribution >= 0.6 is 0 Å². The summed E-state index contributed by atoms with van der Waals surface area (Å²) in [6, 6.07) is 6.60. The fourth-order valence-corrected chi connectivity index (χ4v) is 1.33. The smallest absolute Gasteiger partial charge is 0.181 e. The minimum Gasteiger partial charge on any atom is -0.476 e. The van der Waals surface area contributed by atoms with Crippen molar-refractivity contribution >= 4 is 0 Å². The van der Waals surface area contributed by atoms with Crippen molar-refractivity contribution in [3.8, 4) is 11.8 Å². The Morgan fingerprint density at radius 1 is 1.41 bits per heavy atom. The Morgan fingerprint density at radius 3 is 2.71 bits per heavy atom. The predicted molar refractivity (Wildman–Crippen MR) is 64.1 cm³/mol. The highest BCUT2D eigenvalue weighted by atomic mass is 19.1. The maximum absolute atomic E-state index is 13.1. The molecule has 4 heteroatoms. The largest absolute Gasteiger partial charge is 0.476 e. The molecule has 1 aromatic carbocycles. The summed E-state index contributed by atoms with van der Waals surface area (Å²) < 4.78 is 18.6. The first-order valence-electron chi connectivity index (χ1n) is 5.61. The minimum atomic E-state index is -0.543. The van der Waals surface area contributed by atoms with Crippen molar-refractivity contribution in [2.45, 2.75) is 39.5 Å².